The fraction of sp³-hybridized carbons (Fsp3) is 0.519. The van der Waals surface area contributed by atoms with Crippen LogP contribution in [-0.2, 0) is 11.5 Å². The van der Waals surface area contributed by atoms with Gasteiger partial charge in [0.05, 0.1) is 11.3 Å². The van der Waals surface area contributed by atoms with Crippen molar-refractivity contribution in [3.05, 3.63) is 46.6 Å². The number of nitrogens with one attached hydrogen (secondary N) is 3. The van der Waals surface area contributed by atoms with E-state index in [9.17, 15) is 9.59 Å². The van der Waals surface area contributed by atoms with Crippen LogP contribution in [0.5, 0.6) is 0 Å². The van der Waals surface area contributed by atoms with E-state index in [1.165, 1.54) is 4.68 Å². The third-order valence-corrected chi connectivity index (χ3v) is 11.9. The molecule has 1 aliphatic rings. The Hall–Kier alpha value is -3.31. The van der Waals surface area contributed by atoms with Gasteiger partial charge in [-0.25, -0.2) is 15.0 Å². The predicted octanol–water partition coefficient (Wildman–Crippen LogP) is 5.12. The van der Waals surface area contributed by atoms with Crippen molar-refractivity contribution in [3.8, 4) is 11.4 Å². The number of rotatable bonds is 12. The fourth-order valence-electron chi connectivity index (χ4n) is 3.74. The lowest BCUT2D eigenvalue weighted by molar-refractivity contribution is 0.0968. The summed E-state index contributed by atoms with van der Waals surface area (Å²) in [5.41, 5.74) is 1.56. The zero-order valence-corrected chi connectivity index (χ0v) is 24.2. The number of unbranched alkanes of at least 4 members (excludes halogenated alkanes) is 1. The van der Waals surface area contributed by atoms with E-state index in [0.29, 0.717) is 28.6 Å². The highest BCUT2D eigenvalue weighted by Crippen LogP contribution is 2.37. The predicted molar refractivity (Wildman–Crippen MR) is 153 cm³/mol. The van der Waals surface area contributed by atoms with Gasteiger partial charge in [-0.1, -0.05) is 20.8 Å². The molecule has 0 radical (unpaired) electrons. The van der Waals surface area contributed by atoms with Crippen LogP contribution in [0.3, 0.4) is 0 Å². The van der Waals surface area contributed by atoms with Crippen molar-refractivity contribution in [2.45, 2.75) is 64.6 Å². The maximum Gasteiger partial charge on any atom is 0.277 e. The summed E-state index contributed by atoms with van der Waals surface area (Å²) < 4.78 is 7.65. The standard InChI is InChI=1S/C27H39N7O3Si/c1-27(2,3)38(5,6)37-14-8-7-12-28-21-15-23(30-16-19(21)24(35)18-9-10-18)32-22-11-13-29-25(33-22)20-17-31-34(4)26(20)36/h11,13,15-18,31H,7-10,12,14H2,1-6H3,(H2,28,29,30,32,33). The molecule has 3 aromatic heterocycles. The van der Waals surface area contributed by atoms with Gasteiger partial charge in [0, 0.05) is 50.8 Å². The van der Waals surface area contributed by atoms with E-state index in [1.807, 2.05) is 6.07 Å². The van der Waals surface area contributed by atoms with Gasteiger partial charge in [0.15, 0.2) is 19.9 Å². The highest BCUT2D eigenvalue weighted by molar-refractivity contribution is 6.74. The van der Waals surface area contributed by atoms with E-state index in [-0.39, 0.29) is 22.3 Å². The topological polar surface area (TPSA) is 127 Å². The molecule has 0 unspecified atom stereocenters. The minimum atomic E-state index is -1.74. The number of aromatic nitrogens is 5. The molecule has 204 valence electrons. The Balaban J connectivity index is 1.42. The zero-order chi connectivity index (χ0) is 27.5. The highest BCUT2D eigenvalue weighted by Gasteiger charge is 2.36. The molecule has 0 spiro atoms. The number of pyridine rings is 1. The number of carbonyl (C=O) groups is 1. The van der Waals surface area contributed by atoms with E-state index in [0.717, 1.165) is 44.5 Å². The molecule has 3 heterocycles. The highest BCUT2D eigenvalue weighted by atomic mass is 28.4. The van der Waals surface area contributed by atoms with E-state index in [4.69, 9.17) is 4.43 Å². The third kappa shape index (κ3) is 6.57. The fourth-order valence-corrected chi connectivity index (χ4v) is 4.83. The third-order valence-electron chi connectivity index (χ3n) is 7.36. The first-order chi connectivity index (χ1) is 18.0. The lowest BCUT2D eigenvalue weighted by atomic mass is 10.1. The minimum absolute atomic E-state index is 0.0996. The normalized spacial score (nSPS) is 13.9. The maximum atomic E-state index is 12.9. The molecule has 0 atom stereocenters. The molecule has 10 nitrogen and oxygen atoms in total. The van der Waals surface area contributed by atoms with E-state index >= 15 is 0 Å². The summed E-state index contributed by atoms with van der Waals surface area (Å²) in [5.74, 6) is 1.60. The van der Waals surface area contributed by atoms with Gasteiger partial charge in [-0.3, -0.25) is 14.3 Å². The number of aromatic amines is 1. The Bertz CT molecular complexity index is 1340. The van der Waals surface area contributed by atoms with Gasteiger partial charge in [-0.2, -0.15) is 0 Å². The van der Waals surface area contributed by atoms with Crippen LogP contribution in [0, 0.1) is 5.92 Å². The quantitative estimate of drug-likeness (QED) is 0.165. The lowest BCUT2D eigenvalue weighted by Gasteiger charge is -2.36. The minimum Gasteiger partial charge on any atom is -0.417 e. The van der Waals surface area contributed by atoms with Crippen LogP contribution in [0.2, 0.25) is 18.1 Å². The van der Waals surface area contributed by atoms with Gasteiger partial charge in [0.1, 0.15) is 17.2 Å². The van der Waals surface area contributed by atoms with Crippen LogP contribution < -0.4 is 16.2 Å². The van der Waals surface area contributed by atoms with Crippen molar-refractivity contribution in [2.75, 3.05) is 23.8 Å². The van der Waals surface area contributed by atoms with Crippen molar-refractivity contribution < 1.29 is 9.22 Å². The van der Waals surface area contributed by atoms with Crippen LogP contribution in [0.1, 0.15) is 56.8 Å². The van der Waals surface area contributed by atoms with E-state index < -0.39 is 8.32 Å². The molecule has 1 aliphatic carbocycles. The molecular weight excluding hydrogens is 498 g/mol. The van der Waals surface area contributed by atoms with E-state index in [1.54, 1.807) is 31.7 Å². The summed E-state index contributed by atoms with van der Waals surface area (Å²) >= 11 is 0. The molecule has 0 bridgehead atoms. The van der Waals surface area contributed by atoms with Gasteiger partial charge in [0.2, 0.25) is 0 Å². The zero-order valence-electron chi connectivity index (χ0n) is 23.2. The van der Waals surface area contributed by atoms with Gasteiger partial charge in [0.25, 0.3) is 5.56 Å². The summed E-state index contributed by atoms with van der Waals surface area (Å²) in [4.78, 5) is 38.4. The molecule has 3 N–H and O–H groups in total. The maximum absolute atomic E-state index is 12.9. The first kappa shape index (κ1) is 27.7. The number of carbonyl (C=O) groups excluding carboxylic acids is 1. The molecule has 0 saturated heterocycles. The summed E-state index contributed by atoms with van der Waals surface area (Å²) in [7, 11) is -0.106. The van der Waals surface area contributed by atoms with Crippen LogP contribution in [0.15, 0.2) is 35.5 Å². The molecular formula is C27H39N7O3Si. The van der Waals surface area contributed by atoms with Gasteiger partial charge in [-0.05, 0) is 49.9 Å². The van der Waals surface area contributed by atoms with Crippen molar-refractivity contribution in [2.24, 2.45) is 13.0 Å². The largest absolute Gasteiger partial charge is 0.417 e. The van der Waals surface area contributed by atoms with Crippen LogP contribution in [-0.4, -0.2) is 52.0 Å². The summed E-state index contributed by atoms with van der Waals surface area (Å²) in [6.07, 6.45) is 8.55. The number of anilines is 3. The van der Waals surface area contributed by atoms with Crippen molar-refractivity contribution >= 4 is 31.4 Å². The summed E-state index contributed by atoms with van der Waals surface area (Å²) in [6, 6.07) is 3.56. The number of hydrogen-bond donors (Lipinski definition) is 3. The van der Waals surface area contributed by atoms with Crippen LogP contribution in [0.25, 0.3) is 11.4 Å². The molecule has 38 heavy (non-hydrogen) atoms. The summed E-state index contributed by atoms with van der Waals surface area (Å²) in [5, 5.41) is 9.67. The number of Topliss-reactive ketones (excluding diaryl/α,β-unsaturated/α-hetero) is 1. The Kier molecular flexibility index (Phi) is 8.17. The second kappa shape index (κ2) is 11.2. The molecule has 11 heteroatoms. The number of ketones is 1. The van der Waals surface area contributed by atoms with Gasteiger partial charge in [-0.15, -0.1) is 0 Å². The molecule has 0 amide bonds. The Morgan fingerprint density at radius 3 is 2.63 bits per heavy atom. The molecule has 0 aromatic carbocycles. The Labute approximate surface area is 224 Å². The smallest absolute Gasteiger partial charge is 0.277 e. The van der Waals surface area contributed by atoms with E-state index in [2.05, 4.69) is 64.5 Å². The first-order valence-electron chi connectivity index (χ1n) is 13.2. The number of hydrogen-bond acceptors (Lipinski definition) is 8. The number of H-pyrrole nitrogens is 1. The Morgan fingerprint density at radius 1 is 1.21 bits per heavy atom. The van der Waals surface area contributed by atoms with Gasteiger partial charge >= 0.3 is 0 Å². The SMILES string of the molecule is Cn1[nH]cc(-c2nccc(Nc3cc(NCCCCO[Si](C)(C)C(C)(C)C)c(C(=O)C4CC4)cn3)n2)c1=O. The average Bonchev–Trinajstić information content (AvgIpc) is 3.66. The molecule has 1 saturated carbocycles. The monoisotopic (exact) mass is 537 g/mol. The molecule has 1 fully saturated rings. The second-order valence-electron chi connectivity index (χ2n) is 11.4. The summed E-state index contributed by atoms with van der Waals surface area (Å²) in [6.45, 7) is 12.8. The van der Waals surface area contributed by atoms with Crippen molar-refractivity contribution in [1.29, 1.82) is 0 Å². The van der Waals surface area contributed by atoms with Crippen molar-refractivity contribution in [1.82, 2.24) is 24.7 Å². The van der Waals surface area contributed by atoms with Crippen LogP contribution >= 0.6 is 0 Å². The molecule has 3 aromatic rings. The lowest BCUT2D eigenvalue weighted by Crippen LogP contribution is -2.41. The number of nitrogens with zero attached hydrogens (tertiary/aromatic N) is 4. The Morgan fingerprint density at radius 2 is 1.97 bits per heavy atom. The average molecular weight is 538 g/mol. The number of aryl methyl sites for hydroxylation is 1. The van der Waals surface area contributed by atoms with Gasteiger partial charge < -0.3 is 20.2 Å². The van der Waals surface area contributed by atoms with Crippen molar-refractivity contribution in [3.63, 3.8) is 0 Å². The first-order valence-corrected chi connectivity index (χ1v) is 16.1. The molecule has 4 rings (SSSR count). The molecule has 0 aliphatic heterocycles. The second-order valence-corrected chi connectivity index (χ2v) is 16.2. The van der Waals surface area contributed by atoms with Crippen LogP contribution in [0.4, 0.5) is 17.3 Å².